The van der Waals surface area contributed by atoms with Gasteiger partial charge in [0.15, 0.2) is 11.6 Å². The molecule has 2 aromatic carbocycles. The third kappa shape index (κ3) is 3.07. The fourth-order valence-electron chi connectivity index (χ4n) is 1.91. The number of hydrogen-bond acceptors (Lipinski definition) is 2. The molecule has 0 bridgehead atoms. The van der Waals surface area contributed by atoms with Crippen LogP contribution in [0.15, 0.2) is 36.4 Å². The van der Waals surface area contributed by atoms with Gasteiger partial charge in [-0.3, -0.25) is 0 Å². The molecule has 0 saturated carbocycles. The maximum absolute atomic E-state index is 13.8. The van der Waals surface area contributed by atoms with Gasteiger partial charge in [0.05, 0.1) is 19.0 Å². The smallest absolute Gasteiger partial charge is 0.165 e. The normalized spacial score (nSPS) is 12.1. The van der Waals surface area contributed by atoms with E-state index < -0.39 is 5.82 Å². The van der Waals surface area contributed by atoms with Crippen molar-refractivity contribution in [2.75, 3.05) is 14.2 Å². The zero-order chi connectivity index (χ0) is 14.7. The Kier molecular flexibility index (Phi) is 4.89. The molecular formula is C15H13BrClFO2. The summed E-state index contributed by atoms with van der Waals surface area (Å²) in [6.45, 7) is 0. The van der Waals surface area contributed by atoms with Crippen LogP contribution in [0.2, 0.25) is 5.02 Å². The first-order valence-electron chi connectivity index (χ1n) is 5.87. The summed E-state index contributed by atoms with van der Waals surface area (Å²) < 4.78 is 24.0. The Morgan fingerprint density at radius 2 is 1.75 bits per heavy atom. The van der Waals surface area contributed by atoms with Crippen LogP contribution in [0.5, 0.6) is 11.5 Å². The minimum Gasteiger partial charge on any atom is -0.496 e. The molecule has 2 nitrogen and oxygen atoms in total. The first-order chi connectivity index (χ1) is 9.56. The molecule has 5 heteroatoms. The van der Waals surface area contributed by atoms with Crippen LogP contribution in [0.25, 0.3) is 0 Å². The monoisotopic (exact) mass is 358 g/mol. The fourth-order valence-corrected chi connectivity index (χ4v) is 2.74. The zero-order valence-corrected chi connectivity index (χ0v) is 13.3. The van der Waals surface area contributed by atoms with Crippen LogP contribution < -0.4 is 9.47 Å². The van der Waals surface area contributed by atoms with Crippen LogP contribution in [0, 0.1) is 5.82 Å². The second-order valence-corrected chi connectivity index (χ2v) is 5.49. The Morgan fingerprint density at radius 3 is 2.35 bits per heavy atom. The number of rotatable bonds is 4. The van der Waals surface area contributed by atoms with E-state index in [1.807, 2.05) is 6.07 Å². The summed E-state index contributed by atoms with van der Waals surface area (Å²) >= 11 is 9.50. The SMILES string of the molecule is COc1ccc(C(Br)c2ccc(Cl)cc2OC)cc1F. The van der Waals surface area contributed by atoms with E-state index in [1.165, 1.54) is 13.2 Å². The minimum absolute atomic E-state index is 0.199. The van der Waals surface area contributed by atoms with E-state index in [1.54, 1.807) is 31.4 Å². The highest BCUT2D eigenvalue weighted by molar-refractivity contribution is 9.09. The molecule has 106 valence electrons. The Labute approximate surface area is 130 Å². The molecule has 0 heterocycles. The standard InChI is InChI=1S/C15H13BrClFO2/c1-19-13-6-3-9(7-12(13)18)15(16)11-5-4-10(17)8-14(11)20-2/h3-8,15H,1-2H3. The molecule has 0 N–H and O–H groups in total. The van der Waals surface area contributed by atoms with Crippen LogP contribution in [-0.4, -0.2) is 14.2 Å². The lowest BCUT2D eigenvalue weighted by Crippen LogP contribution is -1.98. The van der Waals surface area contributed by atoms with Crippen molar-refractivity contribution in [2.24, 2.45) is 0 Å². The van der Waals surface area contributed by atoms with Crippen LogP contribution >= 0.6 is 27.5 Å². The van der Waals surface area contributed by atoms with E-state index in [4.69, 9.17) is 21.1 Å². The average Bonchev–Trinajstić information content (AvgIpc) is 2.46. The summed E-state index contributed by atoms with van der Waals surface area (Å²) in [5.41, 5.74) is 1.64. The molecule has 0 aliphatic carbocycles. The molecular weight excluding hydrogens is 347 g/mol. The predicted octanol–water partition coefficient (Wildman–Crippen LogP) is 4.98. The first-order valence-corrected chi connectivity index (χ1v) is 7.17. The molecule has 0 aliphatic rings. The Balaban J connectivity index is 2.40. The molecule has 0 saturated heterocycles. The number of benzene rings is 2. The fraction of sp³-hybridized carbons (Fsp3) is 0.200. The summed E-state index contributed by atoms with van der Waals surface area (Å²) in [7, 11) is 3.01. The van der Waals surface area contributed by atoms with Gasteiger partial charge in [-0.2, -0.15) is 0 Å². The van der Waals surface area contributed by atoms with Gasteiger partial charge in [-0.05, 0) is 29.8 Å². The molecule has 0 fully saturated rings. The lowest BCUT2D eigenvalue weighted by Gasteiger charge is -2.15. The highest BCUT2D eigenvalue weighted by Crippen LogP contribution is 2.38. The van der Waals surface area contributed by atoms with Crippen molar-refractivity contribution in [1.29, 1.82) is 0 Å². The van der Waals surface area contributed by atoms with Crippen LogP contribution in [0.1, 0.15) is 16.0 Å². The highest BCUT2D eigenvalue weighted by Gasteiger charge is 2.17. The molecule has 0 aliphatic heterocycles. The Bertz CT molecular complexity index is 619. The molecule has 0 spiro atoms. The quantitative estimate of drug-likeness (QED) is 0.717. The maximum Gasteiger partial charge on any atom is 0.165 e. The van der Waals surface area contributed by atoms with Crippen molar-refractivity contribution in [2.45, 2.75) is 4.83 Å². The van der Waals surface area contributed by atoms with Gasteiger partial charge in [-0.15, -0.1) is 0 Å². The highest BCUT2D eigenvalue weighted by atomic mass is 79.9. The van der Waals surface area contributed by atoms with Crippen molar-refractivity contribution >= 4 is 27.5 Å². The van der Waals surface area contributed by atoms with Crippen molar-refractivity contribution in [3.63, 3.8) is 0 Å². The van der Waals surface area contributed by atoms with E-state index in [0.29, 0.717) is 10.8 Å². The van der Waals surface area contributed by atoms with E-state index >= 15 is 0 Å². The van der Waals surface area contributed by atoms with Crippen molar-refractivity contribution in [1.82, 2.24) is 0 Å². The largest absolute Gasteiger partial charge is 0.496 e. The molecule has 0 amide bonds. The van der Waals surface area contributed by atoms with Gasteiger partial charge in [0.1, 0.15) is 5.75 Å². The van der Waals surface area contributed by atoms with Gasteiger partial charge in [0.25, 0.3) is 0 Å². The molecule has 20 heavy (non-hydrogen) atoms. The molecule has 2 aromatic rings. The van der Waals surface area contributed by atoms with Gasteiger partial charge in [0.2, 0.25) is 0 Å². The van der Waals surface area contributed by atoms with Gasteiger partial charge in [0, 0.05) is 10.6 Å². The van der Waals surface area contributed by atoms with Gasteiger partial charge in [-0.1, -0.05) is 39.7 Å². The van der Waals surface area contributed by atoms with E-state index in [9.17, 15) is 4.39 Å². The maximum atomic E-state index is 13.8. The predicted molar refractivity (Wildman–Crippen MR) is 81.7 cm³/mol. The number of ether oxygens (including phenoxy) is 2. The van der Waals surface area contributed by atoms with E-state index in [0.717, 1.165) is 11.1 Å². The summed E-state index contributed by atoms with van der Waals surface area (Å²) in [4.78, 5) is -0.199. The number of halogens is 3. The van der Waals surface area contributed by atoms with E-state index in [-0.39, 0.29) is 10.6 Å². The molecule has 0 radical (unpaired) electrons. The second kappa shape index (κ2) is 6.46. The van der Waals surface area contributed by atoms with Crippen LogP contribution in [0.4, 0.5) is 4.39 Å². The second-order valence-electron chi connectivity index (χ2n) is 4.14. The number of hydrogen-bond donors (Lipinski definition) is 0. The van der Waals surface area contributed by atoms with Gasteiger partial charge >= 0.3 is 0 Å². The summed E-state index contributed by atoms with van der Waals surface area (Å²) in [5, 5.41) is 0.589. The lowest BCUT2D eigenvalue weighted by molar-refractivity contribution is 0.386. The Morgan fingerprint density at radius 1 is 1.05 bits per heavy atom. The van der Waals surface area contributed by atoms with Crippen molar-refractivity contribution in [3.8, 4) is 11.5 Å². The van der Waals surface area contributed by atoms with Crippen LogP contribution in [0.3, 0.4) is 0 Å². The van der Waals surface area contributed by atoms with Crippen molar-refractivity contribution < 1.29 is 13.9 Å². The van der Waals surface area contributed by atoms with Gasteiger partial charge < -0.3 is 9.47 Å². The lowest BCUT2D eigenvalue weighted by atomic mass is 10.0. The third-order valence-electron chi connectivity index (χ3n) is 2.94. The average molecular weight is 360 g/mol. The van der Waals surface area contributed by atoms with Gasteiger partial charge in [-0.25, -0.2) is 4.39 Å². The van der Waals surface area contributed by atoms with Crippen LogP contribution in [-0.2, 0) is 0 Å². The number of methoxy groups -OCH3 is 2. The minimum atomic E-state index is -0.401. The molecule has 1 atom stereocenters. The molecule has 1 unspecified atom stereocenters. The zero-order valence-electron chi connectivity index (χ0n) is 11.0. The topological polar surface area (TPSA) is 18.5 Å². The summed E-state index contributed by atoms with van der Waals surface area (Å²) in [5.74, 6) is 0.467. The third-order valence-corrected chi connectivity index (χ3v) is 4.19. The Hall–Kier alpha value is -1.26. The van der Waals surface area contributed by atoms with E-state index in [2.05, 4.69) is 15.9 Å². The molecule has 0 aromatic heterocycles. The molecule has 2 rings (SSSR count). The summed E-state index contributed by atoms with van der Waals surface area (Å²) in [6.07, 6.45) is 0. The summed E-state index contributed by atoms with van der Waals surface area (Å²) in [6, 6.07) is 10.2. The van der Waals surface area contributed by atoms with Crippen molar-refractivity contribution in [3.05, 3.63) is 58.4 Å². The number of alkyl halides is 1. The first kappa shape index (κ1) is 15.1.